The van der Waals surface area contributed by atoms with Gasteiger partial charge in [0, 0.05) is 22.1 Å². The number of benzene rings is 2. The van der Waals surface area contributed by atoms with Gasteiger partial charge >= 0.3 is 0 Å². The minimum atomic E-state index is -0.631. The molecule has 0 unspecified atom stereocenters. The van der Waals surface area contributed by atoms with Crippen molar-refractivity contribution in [1.29, 1.82) is 0 Å². The van der Waals surface area contributed by atoms with E-state index in [1.807, 2.05) is 52.0 Å². The van der Waals surface area contributed by atoms with Crippen molar-refractivity contribution in [2.45, 2.75) is 59.2 Å². The lowest BCUT2D eigenvalue weighted by molar-refractivity contribution is -0.140. The molecule has 2 aromatic carbocycles. The Morgan fingerprint density at radius 2 is 1.79 bits per heavy atom. The largest absolute Gasteiger partial charge is 0.350 e. The molecule has 0 spiro atoms. The van der Waals surface area contributed by atoms with E-state index in [0.29, 0.717) is 22.2 Å². The number of carbonyl (C=O) groups is 2. The Bertz CT molecular complexity index is 891. The van der Waals surface area contributed by atoms with E-state index in [9.17, 15) is 9.59 Å². The smallest absolute Gasteiger partial charge is 0.242 e. The van der Waals surface area contributed by atoms with Crippen molar-refractivity contribution in [3.8, 4) is 0 Å². The number of amides is 2. The number of nitrogens with zero attached hydrogens (tertiary/aromatic N) is 1. The molecule has 2 rings (SSSR count). The summed E-state index contributed by atoms with van der Waals surface area (Å²) in [6.07, 6.45) is 0.0922. The topological polar surface area (TPSA) is 49.4 Å². The van der Waals surface area contributed by atoms with Crippen molar-refractivity contribution < 1.29 is 9.59 Å². The Hall–Kier alpha value is -2.04. The number of hydrogen-bond acceptors (Lipinski definition) is 2. The molecule has 0 saturated heterocycles. The van der Waals surface area contributed by atoms with Crippen molar-refractivity contribution in [3.63, 3.8) is 0 Å². The van der Waals surface area contributed by atoms with Crippen LogP contribution in [0.15, 0.2) is 42.5 Å². The summed E-state index contributed by atoms with van der Waals surface area (Å²) in [5.41, 5.74) is 2.36. The molecule has 6 heteroatoms. The zero-order valence-corrected chi connectivity index (χ0v) is 19.1. The molecule has 0 aliphatic carbocycles. The third-order valence-corrected chi connectivity index (χ3v) is 5.04. The minimum Gasteiger partial charge on any atom is -0.350 e. The van der Waals surface area contributed by atoms with E-state index in [0.717, 1.165) is 11.1 Å². The van der Waals surface area contributed by atoms with Gasteiger partial charge in [0.05, 0.1) is 6.42 Å². The zero-order valence-electron chi connectivity index (χ0n) is 17.6. The van der Waals surface area contributed by atoms with Gasteiger partial charge in [0.25, 0.3) is 0 Å². The Balaban J connectivity index is 2.29. The average molecular weight is 435 g/mol. The van der Waals surface area contributed by atoms with E-state index in [2.05, 4.69) is 5.32 Å². The van der Waals surface area contributed by atoms with Crippen molar-refractivity contribution >= 4 is 35.0 Å². The van der Waals surface area contributed by atoms with Crippen LogP contribution in [0.25, 0.3) is 0 Å². The molecule has 0 bridgehead atoms. The molecule has 1 atom stereocenters. The maximum Gasteiger partial charge on any atom is 0.242 e. The molecule has 0 aliphatic heterocycles. The molecule has 156 valence electrons. The summed E-state index contributed by atoms with van der Waals surface area (Å²) in [7, 11) is 0. The highest BCUT2D eigenvalue weighted by Crippen LogP contribution is 2.23. The summed E-state index contributed by atoms with van der Waals surface area (Å²) in [5.74, 6) is -0.368. The number of aryl methyl sites for hydroxylation is 1. The molecule has 0 heterocycles. The van der Waals surface area contributed by atoms with E-state index in [1.165, 1.54) is 0 Å². The molecule has 1 N–H and O–H groups in total. The van der Waals surface area contributed by atoms with Crippen LogP contribution in [0.1, 0.15) is 44.4 Å². The molecule has 2 aromatic rings. The van der Waals surface area contributed by atoms with E-state index in [1.54, 1.807) is 30.0 Å². The SMILES string of the molecule is Cc1cccc(CN(C(=O)Cc2ccc(Cl)cc2Cl)[C@@H](C)C(=O)NC(C)(C)C)c1. The summed E-state index contributed by atoms with van der Waals surface area (Å²) in [4.78, 5) is 27.6. The number of carbonyl (C=O) groups excluding carboxylic acids is 2. The predicted molar refractivity (Wildman–Crippen MR) is 119 cm³/mol. The third-order valence-electron chi connectivity index (χ3n) is 4.46. The summed E-state index contributed by atoms with van der Waals surface area (Å²) >= 11 is 12.2. The van der Waals surface area contributed by atoms with Crippen LogP contribution in [0.5, 0.6) is 0 Å². The Morgan fingerprint density at radius 3 is 2.38 bits per heavy atom. The van der Waals surface area contributed by atoms with Crippen LogP contribution in [-0.2, 0) is 22.6 Å². The quantitative estimate of drug-likeness (QED) is 0.680. The van der Waals surface area contributed by atoms with Gasteiger partial charge in [-0.3, -0.25) is 9.59 Å². The molecule has 0 radical (unpaired) electrons. The molecule has 2 amide bonds. The molecule has 4 nitrogen and oxygen atoms in total. The fourth-order valence-electron chi connectivity index (χ4n) is 2.99. The van der Waals surface area contributed by atoms with Crippen LogP contribution in [0.2, 0.25) is 10.0 Å². The van der Waals surface area contributed by atoms with Crippen LogP contribution < -0.4 is 5.32 Å². The highest BCUT2D eigenvalue weighted by molar-refractivity contribution is 6.35. The van der Waals surface area contributed by atoms with E-state index in [4.69, 9.17) is 23.2 Å². The lowest BCUT2D eigenvalue weighted by Gasteiger charge is -2.31. The van der Waals surface area contributed by atoms with Crippen molar-refractivity contribution in [2.75, 3.05) is 0 Å². The van der Waals surface area contributed by atoms with Gasteiger partial charge in [-0.05, 0) is 57.9 Å². The fraction of sp³-hybridized carbons (Fsp3) is 0.391. The normalized spacial score (nSPS) is 12.4. The van der Waals surface area contributed by atoms with Gasteiger partial charge in [-0.1, -0.05) is 59.1 Å². The summed E-state index contributed by atoms with van der Waals surface area (Å²) in [6, 6.07) is 12.4. The molecule has 0 aromatic heterocycles. The second kappa shape index (κ2) is 9.64. The highest BCUT2D eigenvalue weighted by atomic mass is 35.5. The second-order valence-corrected chi connectivity index (χ2v) is 9.18. The predicted octanol–water partition coefficient (Wildman–Crippen LogP) is 5.18. The Labute approximate surface area is 183 Å². The first-order valence-electron chi connectivity index (χ1n) is 9.57. The number of rotatable bonds is 6. The van der Waals surface area contributed by atoms with Gasteiger partial charge in [-0.2, -0.15) is 0 Å². The van der Waals surface area contributed by atoms with Crippen molar-refractivity contribution in [2.24, 2.45) is 0 Å². The average Bonchev–Trinajstić information content (AvgIpc) is 2.60. The van der Waals surface area contributed by atoms with Gasteiger partial charge in [0.1, 0.15) is 6.04 Å². The molecule has 0 aliphatic rings. The summed E-state index contributed by atoms with van der Waals surface area (Å²) in [6.45, 7) is 9.83. The van der Waals surface area contributed by atoms with Crippen LogP contribution in [0.3, 0.4) is 0 Å². The van der Waals surface area contributed by atoms with Crippen LogP contribution >= 0.6 is 23.2 Å². The minimum absolute atomic E-state index is 0.0922. The summed E-state index contributed by atoms with van der Waals surface area (Å²) < 4.78 is 0. The molecular weight excluding hydrogens is 407 g/mol. The fourth-order valence-corrected chi connectivity index (χ4v) is 3.47. The second-order valence-electron chi connectivity index (χ2n) is 8.34. The van der Waals surface area contributed by atoms with E-state index < -0.39 is 6.04 Å². The van der Waals surface area contributed by atoms with Gasteiger partial charge < -0.3 is 10.2 Å². The van der Waals surface area contributed by atoms with Crippen LogP contribution in [-0.4, -0.2) is 28.3 Å². The van der Waals surface area contributed by atoms with Gasteiger partial charge in [0.15, 0.2) is 0 Å². The Morgan fingerprint density at radius 1 is 1.10 bits per heavy atom. The molecule has 0 fully saturated rings. The van der Waals surface area contributed by atoms with Crippen LogP contribution in [0.4, 0.5) is 0 Å². The molecule has 0 saturated carbocycles. The third kappa shape index (κ3) is 7.06. The van der Waals surface area contributed by atoms with Crippen LogP contribution in [0, 0.1) is 6.92 Å². The van der Waals surface area contributed by atoms with Crippen molar-refractivity contribution in [1.82, 2.24) is 10.2 Å². The Kier molecular flexibility index (Phi) is 7.73. The van der Waals surface area contributed by atoms with Gasteiger partial charge in [-0.25, -0.2) is 0 Å². The first-order chi connectivity index (χ1) is 13.5. The number of hydrogen-bond donors (Lipinski definition) is 1. The van der Waals surface area contributed by atoms with Crippen molar-refractivity contribution in [3.05, 3.63) is 69.2 Å². The first-order valence-corrected chi connectivity index (χ1v) is 10.3. The van der Waals surface area contributed by atoms with E-state index >= 15 is 0 Å². The number of nitrogens with one attached hydrogen (secondary N) is 1. The van der Waals surface area contributed by atoms with Gasteiger partial charge in [-0.15, -0.1) is 0 Å². The van der Waals surface area contributed by atoms with Gasteiger partial charge in [0.2, 0.25) is 11.8 Å². The summed E-state index contributed by atoms with van der Waals surface area (Å²) in [5, 5.41) is 3.91. The maximum absolute atomic E-state index is 13.2. The lowest BCUT2D eigenvalue weighted by Crippen LogP contribution is -2.52. The maximum atomic E-state index is 13.2. The molecular formula is C23H28Cl2N2O2. The zero-order chi connectivity index (χ0) is 21.8. The monoisotopic (exact) mass is 434 g/mol. The van der Waals surface area contributed by atoms with E-state index in [-0.39, 0.29) is 23.8 Å². The highest BCUT2D eigenvalue weighted by Gasteiger charge is 2.28. The first kappa shape index (κ1) is 23.2. The lowest BCUT2D eigenvalue weighted by atomic mass is 10.1. The molecule has 29 heavy (non-hydrogen) atoms. The standard InChI is InChI=1S/C23H28Cl2N2O2/c1-15-7-6-8-17(11-15)14-27(16(2)22(29)26-23(3,4)5)21(28)12-18-9-10-19(24)13-20(18)25/h6-11,13,16H,12,14H2,1-5H3,(H,26,29)/t16-/m0/s1. The number of halogens is 2.